The topological polar surface area (TPSA) is 52.5 Å². The molecule has 0 aromatic heterocycles. The summed E-state index contributed by atoms with van der Waals surface area (Å²) in [6.45, 7) is 2.02. The minimum Gasteiger partial charge on any atom is -0.508 e. The monoisotopic (exact) mass is 293 g/mol. The molecule has 2 aromatic rings. The molecule has 0 atom stereocenters. The molecular formula is C19H19NO2. The van der Waals surface area contributed by atoms with E-state index in [0.717, 1.165) is 28.7 Å². The lowest BCUT2D eigenvalue weighted by Gasteiger charge is -2.12. The molecular weight excluding hydrogens is 274 g/mol. The van der Waals surface area contributed by atoms with E-state index in [0.29, 0.717) is 5.70 Å². The summed E-state index contributed by atoms with van der Waals surface area (Å²) in [7, 11) is 1.79. The average Bonchev–Trinajstić information content (AvgIpc) is 2.52. The van der Waals surface area contributed by atoms with Crippen molar-refractivity contribution in [1.29, 1.82) is 0 Å². The quantitative estimate of drug-likeness (QED) is 0.753. The summed E-state index contributed by atoms with van der Waals surface area (Å²) in [6.07, 6.45) is 6.29. The van der Waals surface area contributed by atoms with Crippen LogP contribution < -0.4 is 5.32 Å². The average molecular weight is 293 g/mol. The standard InChI is InChI=1S/C19H19NO2/c1-4-18(19(5-2)20-3)15-10-14(11-17(22)12-15)13-6-8-16(21)9-7-13/h2,6-12,20-22H,4H2,1,3H3/b19-18+. The van der Waals surface area contributed by atoms with Crippen molar-refractivity contribution in [3.8, 4) is 35.0 Å². The highest BCUT2D eigenvalue weighted by Crippen LogP contribution is 2.31. The summed E-state index contributed by atoms with van der Waals surface area (Å²) < 4.78 is 0. The van der Waals surface area contributed by atoms with Gasteiger partial charge < -0.3 is 15.5 Å². The highest BCUT2D eigenvalue weighted by atomic mass is 16.3. The van der Waals surface area contributed by atoms with Crippen molar-refractivity contribution in [2.24, 2.45) is 0 Å². The molecule has 112 valence electrons. The predicted molar refractivity (Wildman–Crippen MR) is 90.3 cm³/mol. The van der Waals surface area contributed by atoms with Crippen molar-refractivity contribution in [3.05, 3.63) is 53.7 Å². The number of phenols is 2. The molecule has 2 aromatic carbocycles. The molecule has 0 radical (unpaired) electrons. The minimum atomic E-state index is 0.180. The van der Waals surface area contributed by atoms with Crippen LogP contribution in [0.25, 0.3) is 16.7 Å². The summed E-state index contributed by atoms with van der Waals surface area (Å²) in [6, 6.07) is 12.2. The lowest BCUT2D eigenvalue weighted by atomic mass is 9.96. The molecule has 0 bridgehead atoms. The molecule has 0 saturated carbocycles. The lowest BCUT2D eigenvalue weighted by Crippen LogP contribution is -2.06. The molecule has 0 unspecified atom stereocenters. The normalized spacial score (nSPS) is 11.5. The fourth-order valence-corrected chi connectivity index (χ4v) is 2.44. The Balaban J connectivity index is 2.58. The third kappa shape index (κ3) is 3.24. The summed E-state index contributed by atoms with van der Waals surface area (Å²) in [5, 5.41) is 22.4. The van der Waals surface area contributed by atoms with E-state index in [1.54, 1.807) is 31.3 Å². The van der Waals surface area contributed by atoms with Gasteiger partial charge in [-0.05, 0) is 59.0 Å². The van der Waals surface area contributed by atoms with E-state index in [9.17, 15) is 10.2 Å². The lowest BCUT2D eigenvalue weighted by molar-refractivity contribution is 0.475. The first-order valence-corrected chi connectivity index (χ1v) is 7.10. The van der Waals surface area contributed by atoms with Gasteiger partial charge in [-0.25, -0.2) is 0 Å². The van der Waals surface area contributed by atoms with Crippen LogP contribution in [0.5, 0.6) is 11.5 Å². The van der Waals surface area contributed by atoms with Crippen molar-refractivity contribution in [3.63, 3.8) is 0 Å². The highest BCUT2D eigenvalue weighted by Gasteiger charge is 2.09. The van der Waals surface area contributed by atoms with Gasteiger partial charge in [0.2, 0.25) is 0 Å². The van der Waals surface area contributed by atoms with Gasteiger partial charge in [-0.1, -0.05) is 25.0 Å². The van der Waals surface area contributed by atoms with Gasteiger partial charge in [0.05, 0.1) is 5.70 Å². The van der Waals surface area contributed by atoms with Gasteiger partial charge in [-0.2, -0.15) is 0 Å². The number of phenolic OH excluding ortho intramolecular Hbond substituents is 2. The Kier molecular flexibility index (Phi) is 4.75. The van der Waals surface area contributed by atoms with E-state index in [-0.39, 0.29) is 11.5 Å². The zero-order valence-corrected chi connectivity index (χ0v) is 12.7. The van der Waals surface area contributed by atoms with E-state index in [1.165, 1.54) is 0 Å². The van der Waals surface area contributed by atoms with Crippen molar-refractivity contribution in [2.75, 3.05) is 7.05 Å². The first-order chi connectivity index (χ1) is 10.6. The number of rotatable bonds is 4. The Bertz CT molecular complexity index is 737. The third-order valence-electron chi connectivity index (χ3n) is 3.52. The molecule has 3 heteroatoms. The van der Waals surface area contributed by atoms with Crippen molar-refractivity contribution in [2.45, 2.75) is 13.3 Å². The van der Waals surface area contributed by atoms with Gasteiger partial charge in [0.15, 0.2) is 0 Å². The largest absolute Gasteiger partial charge is 0.508 e. The summed E-state index contributed by atoms with van der Waals surface area (Å²) in [4.78, 5) is 0. The number of hydrogen-bond donors (Lipinski definition) is 3. The zero-order chi connectivity index (χ0) is 16.1. The van der Waals surface area contributed by atoms with Gasteiger partial charge in [0.1, 0.15) is 11.5 Å². The molecule has 0 saturated heterocycles. The van der Waals surface area contributed by atoms with Crippen LogP contribution in [0.4, 0.5) is 0 Å². The van der Waals surface area contributed by atoms with E-state index in [4.69, 9.17) is 6.42 Å². The molecule has 22 heavy (non-hydrogen) atoms. The first-order valence-electron chi connectivity index (χ1n) is 7.10. The second-order valence-electron chi connectivity index (χ2n) is 4.92. The fraction of sp³-hybridized carbons (Fsp3) is 0.158. The Hall–Kier alpha value is -2.86. The fourth-order valence-electron chi connectivity index (χ4n) is 2.44. The van der Waals surface area contributed by atoms with Gasteiger partial charge in [-0.15, -0.1) is 6.42 Å². The summed E-state index contributed by atoms with van der Waals surface area (Å²) in [5.74, 6) is 3.03. The zero-order valence-electron chi connectivity index (χ0n) is 12.7. The molecule has 3 N–H and O–H groups in total. The van der Waals surface area contributed by atoms with Crippen molar-refractivity contribution < 1.29 is 10.2 Å². The second-order valence-corrected chi connectivity index (χ2v) is 4.92. The Morgan fingerprint density at radius 2 is 1.73 bits per heavy atom. The maximum absolute atomic E-state index is 10.0. The molecule has 0 amide bonds. The highest BCUT2D eigenvalue weighted by molar-refractivity contribution is 5.77. The van der Waals surface area contributed by atoms with Gasteiger partial charge in [0, 0.05) is 7.05 Å². The molecule has 0 aliphatic heterocycles. The summed E-state index contributed by atoms with van der Waals surface area (Å²) in [5.41, 5.74) is 4.35. The van der Waals surface area contributed by atoms with Crippen molar-refractivity contribution in [1.82, 2.24) is 5.32 Å². The minimum absolute atomic E-state index is 0.180. The number of benzene rings is 2. The Labute approximate surface area is 130 Å². The Morgan fingerprint density at radius 1 is 1.05 bits per heavy atom. The number of aromatic hydroxyl groups is 2. The van der Waals surface area contributed by atoms with E-state index in [2.05, 4.69) is 11.2 Å². The van der Waals surface area contributed by atoms with Crippen LogP contribution in [0.15, 0.2) is 48.2 Å². The molecule has 0 spiro atoms. The Morgan fingerprint density at radius 3 is 2.27 bits per heavy atom. The van der Waals surface area contributed by atoms with Gasteiger partial charge in [0.25, 0.3) is 0 Å². The molecule has 3 nitrogen and oxygen atoms in total. The van der Waals surface area contributed by atoms with Crippen LogP contribution in [0.1, 0.15) is 18.9 Å². The van der Waals surface area contributed by atoms with Crippen LogP contribution in [-0.4, -0.2) is 17.3 Å². The predicted octanol–water partition coefficient (Wildman–Crippen LogP) is 3.74. The molecule has 0 heterocycles. The number of terminal acetylenes is 1. The SMILES string of the molecule is C#C/C(NC)=C(/CC)c1cc(O)cc(-c2ccc(O)cc2)c1. The number of hydrogen-bond acceptors (Lipinski definition) is 3. The van der Waals surface area contributed by atoms with Crippen LogP contribution in [0.3, 0.4) is 0 Å². The van der Waals surface area contributed by atoms with Crippen LogP contribution in [0.2, 0.25) is 0 Å². The molecule has 0 fully saturated rings. The van der Waals surface area contributed by atoms with Gasteiger partial charge in [-0.3, -0.25) is 0 Å². The maximum Gasteiger partial charge on any atom is 0.116 e. The first kappa shape index (κ1) is 15.5. The maximum atomic E-state index is 10.0. The third-order valence-corrected chi connectivity index (χ3v) is 3.52. The smallest absolute Gasteiger partial charge is 0.116 e. The van der Waals surface area contributed by atoms with Crippen LogP contribution in [0, 0.1) is 12.3 Å². The van der Waals surface area contributed by atoms with Crippen molar-refractivity contribution >= 4 is 5.57 Å². The molecule has 2 rings (SSSR count). The van der Waals surface area contributed by atoms with Gasteiger partial charge >= 0.3 is 0 Å². The van der Waals surface area contributed by atoms with Crippen LogP contribution in [-0.2, 0) is 0 Å². The number of allylic oxidation sites excluding steroid dienone is 2. The molecule has 0 aliphatic rings. The second kappa shape index (κ2) is 6.73. The molecule has 0 aliphatic carbocycles. The summed E-state index contributed by atoms with van der Waals surface area (Å²) >= 11 is 0. The van der Waals surface area contributed by atoms with E-state index in [1.807, 2.05) is 25.1 Å². The van der Waals surface area contributed by atoms with Crippen LogP contribution >= 0.6 is 0 Å². The van der Waals surface area contributed by atoms with E-state index < -0.39 is 0 Å². The number of nitrogens with one attached hydrogen (secondary N) is 1. The van der Waals surface area contributed by atoms with E-state index >= 15 is 0 Å².